The Morgan fingerprint density at radius 1 is 0.424 bits per heavy atom. The van der Waals surface area contributed by atoms with Crippen LogP contribution in [0.1, 0.15) is 79.1 Å². The number of hydrogen-bond acceptors (Lipinski definition) is 18. The van der Waals surface area contributed by atoms with Crippen molar-refractivity contribution >= 4 is 35.8 Å². The van der Waals surface area contributed by atoms with Crippen molar-refractivity contribution in [2.45, 2.75) is 102 Å². The van der Waals surface area contributed by atoms with Gasteiger partial charge < -0.3 is 58.3 Å². The fourth-order valence-corrected chi connectivity index (χ4v) is 10.8. The summed E-state index contributed by atoms with van der Waals surface area (Å²) in [5, 5.41) is 45.4. The number of carbonyl (C=O) groups is 6. The van der Waals surface area contributed by atoms with Gasteiger partial charge in [-0.05, 0) is 85.4 Å². The van der Waals surface area contributed by atoms with Crippen molar-refractivity contribution in [3.05, 3.63) is 241 Å². The second-order valence-corrected chi connectivity index (χ2v) is 22.3. The van der Waals surface area contributed by atoms with E-state index in [1.54, 1.807) is 12.1 Å². The van der Waals surface area contributed by atoms with Gasteiger partial charge in [0.1, 0.15) is 22.6 Å². The number of cyclic esters (lactones) is 2. The number of pyridine rings is 2. The summed E-state index contributed by atoms with van der Waals surface area (Å²) in [6.07, 6.45) is 22.0. The lowest BCUT2D eigenvalue weighted by atomic mass is 9.87. The summed E-state index contributed by atoms with van der Waals surface area (Å²) in [7, 11) is 0. The van der Waals surface area contributed by atoms with E-state index in [9.17, 15) is 49.2 Å². The number of benzene rings is 4. The molecular weight excluding hydrogens is 1180 g/mol. The first-order chi connectivity index (χ1) is 44.2. The van der Waals surface area contributed by atoms with Gasteiger partial charge >= 0.3 is 35.8 Å². The second kappa shape index (κ2) is 27.2. The van der Waals surface area contributed by atoms with Crippen LogP contribution >= 0.6 is 0 Å². The number of phenolic OH excluding ortho intramolecular Hbond substituents is 2. The molecule has 2 spiro atoms. The molecule has 2 atom stereocenters. The van der Waals surface area contributed by atoms with Crippen LogP contribution in [0.5, 0.6) is 11.5 Å². The normalized spacial score (nSPS) is 22.3. The van der Waals surface area contributed by atoms with Crippen molar-refractivity contribution in [2.75, 3.05) is 0 Å². The Hall–Kier alpha value is -11.3. The van der Waals surface area contributed by atoms with Crippen LogP contribution in [0, 0.1) is 0 Å². The molecule has 5 aliphatic rings. The molecule has 2 saturated heterocycles. The Labute approximate surface area is 529 Å². The van der Waals surface area contributed by atoms with Gasteiger partial charge in [0, 0.05) is 85.3 Å². The number of hydrogen-bond donors (Lipinski definition) is 2. The topological polar surface area (TPSA) is 271 Å². The van der Waals surface area contributed by atoms with Crippen LogP contribution in [-0.2, 0) is 66.7 Å². The molecule has 1 aliphatic carbocycles. The fraction of sp³-hybridized carbons (Fsp3) is 0.222. The van der Waals surface area contributed by atoms with E-state index in [0.717, 1.165) is 56.9 Å². The van der Waals surface area contributed by atoms with Crippen LogP contribution < -0.4 is 19.3 Å². The average Bonchev–Trinajstić information content (AvgIpc) is 0.775. The van der Waals surface area contributed by atoms with Crippen LogP contribution in [-0.4, -0.2) is 69.2 Å². The summed E-state index contributed by atoms with van der Waals surface area (Å²) >= 11 is 0. The lowest BCUT2D eigenvalue weighted by Gasteiger charge is -2.45. The van der Waals surface area contributed by atoms with Crippen molar-refractivity contribution in [3.63, 3.8) is 0 Å². The fourth-order valence-electron chi connectivity index (χ4n) is 10.8. The quantitative estimate of drug-likeness (QED) is 0.0242. The number of allylic oxidation sites excluding steroid dienone is 8. The predicted octanol–water partition coefficient (Wildman–Crippen LogP) is 9.21. The number of aromatic nitrogens is 2. The molecule has 2 aromatic heterocycles. The van der Waals surface area contributed by atoms with Gasteiger partial charge in [-0.1, -0.05) is 124 Å². The SMILES string of the molecule is CCCC1(C)OC(=O)C(C=CC=CC=C2C(=O)OC3(CCC4(CC3)OC(=O)C(=CC=CC=CC3=C([O-])OC(C)(CCC)OC3=O)C(=O)O4)OC2=O)=C([O-])O1.Oc1ccc(-[n+]2ccc(-c3cc[n+](-c4ccc(O)c(-c5ccccc5)c4)cc3)cc2)cc1-c1ccccc1. The Morgan fingerprint density at radius 3 is 1.10 bits per heavy atom. The molecule has 470 valence electrons. The molecule has 2 unspecified atom stereocenters. The monoisotopic (exact) mass is 1240 g/mol. The van der Waals surface area contributed by atoms with E-state index in [4.69, 9.17) is 37.9 Å². The molecule has 2 N–H and O–H groups in total. The first-order valence-corrected chi connectivity index (χ1v) is 29.7. The van der Waals surface area contributed by atoms with E-state index >= 15 is 0 Å². The summed E-state index contributed by atoms with van der Waals surface area (Å²) in [6.45, 7) is 6.69. The highest BCUT2D eigenvalue weighted by atomic mass is 16.8. The number of nitrogens with zero attached hydrogens (tertiary/aromatic N) is 2. The van der Waals surface area contributed by atoms with Gasteiger partial charge in [0.05, 0.1) is 23.0 Å². The molecule has 20 heteroatoms. The van der Waals surface area contributed by atoms with Crippen molar-refractivity contribution in [1.82, 2.24) is 0 Å². The highest BCUT2D eigenvalue weighted by molar-refractivity contribution is 6.16. The molecule has 3 fully saturated rings. The average molecular weight is 1250 g/mol. The van der Waals surface area contributed by atoms with E-state index in [0.29, 0.717) is 25.7 Å². The zero-order valence-corrected chi connectivity index (χ0v) is 50.6. The Morgan fingerprint density at radius 2 is 0.772 bits per heavy atom. The molecule has 0 amide bonds. The van der Waals surface area contributed by atoms with Gasteiger partial charge in [0.25, 0.3) is 11.6 Å². The summed E-state index contributed by atoms with van der Waals surface area (Å²) in [4.78, 5) is 75.8. The number of carbonyl (C=O) groups excluding carboxylic acids is 6. The van der Waals surface area contributed by atoms with Crippen molar-refractivity contribution in [1.29, 1.82) is 0 Å². The van der Waals surface area contributed by atoms with Crippen molar-refractivity contribution in [2.24, 2.45) is 0 Å². The van der Waals surface area contributed by atoms with Crippen LogP contribution in [0.3, 0.4) is 0 Å². The minimum Gasteiger partial charge on any atom is -0.574 e. The Balaban J connectivity index is 0.000000213. The third kappa shape index (κ3) is 14.6. The predicted molar refractivity (Wildman–Crippen MR) is 325 cm³/mol. The Kier molecular flexibility index (Phi) is 18.9. The number of phenols is 2. The lowest BCUT2D eigenvalue weighted by Crippen LogP contribution is -2.56. The maximum Gasteiger partial charge on any atom is 0.348 e. The van der Waals surface area contributed by atoms with Gasteiger partial charge in [-0.3, -0.25) is 0 Å². The maximum atomic E-state index is 12.8. The molecule has 6 aromatic rings. The van der Waals surface area contributed by atoms with Crippen LogP contribution in [0.2, 0.25) is 0 Å². The summed E-state index contributed by atoms with van der Waals surface area (Å²) in [6, 6.07) is 39.4. The zero-order valence-electron chi connectivity index (χ0n) is 50.6. The minimum absolute atomic E-state index is 0.149. The van der Waals surface area contributed by atoms with Gasteiger partial charge in [-0.25, -0.2) is 28.8 Å². The number of aromatic hydroxyl groups is 2. The van der Waals surface area contributed by atoms with E-state index in [1.165, 1.54) is 62.5 Å². The molecule has 20 nitrogen and oxygen atoms in total. The molecule has 92 heavy (non-hydrogen) atoms. The molecule has 4 aromatic carbocycles. The summed E-state index contributed by atoms with van der Waals surface area (Å²) in [5.74, 6) is -12.8. The summed E-state index contributed by atoms with van der Waals surface area (Å²) in [5.41, 5.74) is 6.21. The van der Waals surface area contributed by atoms with Crippen molar-refractivity contribution < 1.29 is 96.2 Å². The second-order valence-electron chi connectivity index (χ2n) is 22.3. The van der Waals surface area contributed by atoms with E-state index < -0.39 is 82.0 Å². The maximum absolute atomic E-state index is 12.8. The standard InChI is InChI=1S/C38H40O16.C34H24N2O2/c1-5-17-35(3)47-27(39)23(28(40)48-35)13-9-7-11-15-25-31(43)51-37(52-32(25)44)19-21-38(22-20-37)53-33(45)26(34(46)54-38)16-12-8-10-14-24-29(41)49-36(4,18-6-2)50-30(24)42;37-33-13-11-29(23-31(33)27-7-3-1-4-8-27)35-19-15-25(16-20-35)26-17-21-36(22-18-26)30-12-14-34(38)32(24-30)28-9-5-2-6-10-28/h7-16,39,41H,5-6,17-22H2,1-4H3;1-24H. The van der Waals surface area contributed by atoms with Crippen LogP contribution in [0.15, 0.2) is 241 Å². The third-order valence-electron chi connectivity index (χ3n) is 15.5. The number of rotatable bonds is 15. The number of ether oxygens (including phenoxy) is 8. The van der Waals surface area contributed by atoms with E-state index in [1.807, 2.05) is 133 Å². The smallest absolute Gasteiger partial charge is 0.348 e. The molecule has 0 bridgehead atoms. The highest BCUT2D eigenvalue weighted by Crippen LogP contribution is 2.45. The zero-order chi connectivity index (χ0) is 65.2. The molecular formula is C72H64N2O18. The molecule has 4 aliphatic heterocycles. The minimum atomic E-state index is -1.68. The van der Waals surface area contributed by atoms with Gasteiger partial charge in [0.15, 0.2) is 36.4 Å². The van der Waals surface area contributed by atoms with Crippen molar-refractivity contribution in [3.8, 4) is 56.3 Å². The van der Waals surface area contributed by atoms with Crippen LogP contribution in [0.4, 0.5) is 0 Å². The van der Waals surface area contributed by atoms with E-state index in [2.05, 4.69) is 24.3 Å². The highest BCUT2D eigenvalue weighted by Gasteiger charge is 2.57. The molecule has 0 radical (unpaired) electrons. The first-order valence-electron chi connectivity index (χ1n) is 29.7. The third-order valence-corrected chi connectivity index (χ3v) is 15.5. The van der Waals surface area contributed by atoms with Gasteiger partial charge in [0.2, 0.25) is 11.4 Å². The summed E-state index contributed by atoms with van der Waals surface area (Å²) < 4.78 is 46.9. The molecule has 11 rings (SSSR count). The Bertz CT molecular complexity index is 3790. The molecule has 6 heterocycles. The lowest BCUT2D eigenvalue weighted by molar-refractivity contribution is -0.596. The van der Waals surface area contributed by atoms with Crippen LogP contribution in [0.25, 0.3) is 44.8 Å². The number of esters is 6. The van der Waals surface area contributed by atoms with E-state index in [-0.39, 0.29) is 48.3 Å². The largest absolute Gasteiger partial charge is 0.574 e. The molecule has 1 saturated carbocycles. The van der Waals surface area contributed by atoms with Gasteiger partial charge in [-0.15, -0.1) is 0 Å². The first kappa shape index (κ1) is 63.7. The van der Waals surface area contributed by atoms with Gasteiger partial charge in [-0.2, -0.15) is 9.13 Å².